The molecule has 3 fully saturated rings. The van der Waals surface area contributed by atoms with Crippen molar-refractivity contribution in [3.63, 3.8) is 0 Å². The van der Waals surface area contributed by atoms with E-state index >= 15 is 0 Å². The number of aliphatic hydroxyl groups is 11. The van der Waals surface area contributed by atoms with Gasteiger partial charge in [-0.05, 0) is 64.2 Å². The highest BCUT2D eigenvalue weighted by molar-refractivity contribution is 5.76. The topological polar surface area (TPSA) is 307 Å². The van der Waals surface area contributed by atoms with Gasteiger partial charge in [0.25, 0.3) is 0 Å². The molecule has 3 aliphatic rings. The Morgan fingerprint density at radius 1 is 0.375 bits per heavy atom. The lowest BCUT2D eigenvalue weighted by molar-refractivity contribution is -0.379. The smallest absolute Gasteiger partial charge is 0.220 e. The number of carbonyl (C=O) groups excluding carboxylic acids is 1. The van der Waals surface area contributed by atoms with E-state index in [2.05, 4.69) is 55.6 Å². The van der Waals surface area contributed by atoms with Crippen LogP contribution in [0.3, 0.4) is 0 Å². The van der Waals surface area contributed by atoms with E-state index in [1.54, 1.807) is 6.08 Å². The number of rotatable bonds is 61. The number of nitrogens with one attached hydrogen (secondary N) is 1. The van der Waals surface area contributed by atoms with Gasteiger partial charge in [-0.2, -0.15) is 0 Å². The summed E-state index contributed by atoms with van der Waals surface area (Å²) in [5.74, 6) is -0.285. The number of unbranched alkanes of at least 4 members (excludes halogenated alkanes) is 39. The zero-order chi connectivity index (χ0) is 69.6. The average Bonchev–Trinajstić information content (AvgIpc) is 0.788. The van der Waals surface area contributed by atoms with Crippen molar-refractivity contribution in [1.82, 2.24) is 5.32 Å². The lowest BCUT2D eigenvalue weighted by Gasteiger charge is -2.48. The maximum absolute atomic E-state index is 13.4. The minimum absolute atomic E-state index is 0.233. The normalized spacial score (nSPS) is 27.3. The fourth-order valence-electron chi connectivity index (χ4n) is 13.1. The lowest BCUT2D eigenvalue weighted by atomic mass is 9.96. The van der Waals surface area contributed by atoms with Gasteiger partial charge in [-0.3, -0.25) is 4.79 Å². The minimum atomic E-state index is -1.98. The molecule has 0 spiro atoms. The first-order valence-electron chi connectivity index (χ1n) is 38.9. The molecule has 12 N–H and O–H groups in total. The fourth-order valence-corrected chi connectivity index (χ4v) is 13.1. The van der Waals surface area contributed by atoms with Crippen LogP contribution in [0.4, 0.5) is 0 Å². The Labute approximate surface area is 580 Å². The van der Waals surface area contributed by atoms with Crippen LogP contribution in [0.25, 0.3) is 0 Å². The Hall–Kier alpha value is -2.25. The van der Waals surface area contributed by atoms with E-state index in [1.165, 1.54) is 218 Å². The van der Waals surface area contributed by atoms with Crippen LogP contribution in [0.15, 0.2) is 48.6 Å². The van der Waals surface area contributed by atoms with Crippen LogP contribution < -0.4 is 5.32 Å². The predicted molar refractivity (Wildman–Crippen MR) is 379 cm³/mol. The molecule has 3 saturated heterocycles. The molecule has 3 rings (SSSR count). The average molecular weight is 1370 g/mol. The van der Waals surface area contributed by atoms with Gasteiger partial charge in [0.2, 0.25) is 5.91 Å². The summed E-state index contributed by atoms with van der Waals surface area (Å²) in [4.78, 5) is 13.4. The van der Waals surface area contributed by atoms with Crippen molar-refractivity contribution in [3.8, 4) is 0 Å². The molecule has 0 aliphatic carbocycles. The summed E-state index contributed by atoms with van der Waals surface area (Å²) in [5, 5.41) is 121. The second kappa shape index (κ2) is 58.3. The molecule has 0 aromatic rings. The van der Waals surface area contributed by atoms with Gasteiger partial charge in [0.05, 0.1) is 38.6 Å². The van der Waals surface area contributed by atoms with E-state index in [1.807, 2.05) is 6.08 Å². The molecule has 19 nitrogen and oxygen atoms in total. The summed E-state index contributed by atoms with van der Waals surface area (Å²) < 4.78 is 34.4. The number of aliphatic hydroxyl groups excluding tert-OH is 11. The van der Waals surface area contributed by atoms with Gasteiger partial charge in [-0.25, -0.2) is 0 Å². The molecule has 96 heavy (non-hydrogen) atoms. The van der Waals surface area contributed by atoms with Crippen LogP contribution in [0, 0.1) is 0 Å². The second-order valence-corrected chi connectivity index (χ2v) is 27.8. The number of hydrogen-bond donors (Lipinski definition) is 12. The van der Waals surface area contributed by atoms with Crippen LogP contribution in [-0.4, -0.2) is 193 Å². The number of amides is 1. The molecule has 562 valence electrons. The van der Waals surface area contributed by atoms with E-state index in [-0.39, 0.29) is 18.9 Å². The Morgan fingerprint density at radius 2 is 0.698 bits per heavy atom. The van der Waals surface area contributed by atoms with Gasteiger partial charge in [-0.1, -0.05) is 281 Å². The molecule has 0 aromatic heterocycles. The first-order chi connectivity index (χ1) is 46.8. The van der Waals surface area contributed by atoms with Gasteiger partial charge < -0.3 is 89.9 Å². The van der Waals surface area contributed by atoms with Crippen molar-refractivity contribution in [1.29, 1.82) is 0 Å². The Kier molecular flexibility index (Phi) is 53.4. The molecule has 0 bridgehead atoms. The highest BCUT2D eigenvalue weighted by Crippen LogP contribution is 2.33. The Balaban J connectivity index is 1.41. The van der Waals surface area contributed by atoms with E-state index in [9.17, 15) is 61.0 Å². The molecular formula is C77H141NO18. The third-order valence-corrected chi connectivity index (χ3v) is 19.3. The van der Waals surface area contributed by atoms with Crippen LogP contribution in [-0.2, 0) is 33.2 Å². The zero-order valence-corrected chi connectivity index (χ0v) is 59.9. The van der Waals surface area contributed by atoms with Crippen molar-refractivity contribution < 1.29 is 89.4 Å². The Bertz CT molecular complexity index is 1930. The first kappa shape index (κ1) is 88.0. The highest BCUT2D eigenvalue weighted by Gasteiger charge is 2.53. The Morgan fingerprint density at radius 3 is 1.10 bits per heavy atom. The summed E-state index contributed by atoms with van der Waals surface area (Å²) in [5.41, 5.74) is 0. The highest BCUT2D eigenvalue weighted by atomic mass is 16.8. The van der Waals surface area contributed by atoms with Gasteiger partial charge in [-0.15, -0.1) is 0 Å². The quantitative estimate of drug-likeness (QED) is 0.0199. The maximum Gasteiger partial charge on any atom is 0.220 e. The largest absolute Gasteiger partial charge is 0.394 e. The van der Waals surface area contributed by atoms with Crippen molar-refractivity contribution in [3.05, 3.63) is 48.6 Å². The second-order valence-electron chi connectivity index (χ2n) is 27.8. The van der Waals surface area contributed by atoms with Crippen LogP contribution in [0.1, 0.15) is 303 Å². The standard InChI is InChI=1S/C77H141NO18/c1-3-5-7-9-11-13-15-17-19-21-23-25-27-28-29-30-31-33-34-36-38-40-42-44-46-48-50-52-54-61(82)60(78-65(83)55-53-51-49-47-45-43-41-39-37-35-32-26-24-22-20-18-16-14-12-10-8-6-4-2)59-91-75-71(89)68(86)73(63(57-80)93-75)96-77-72(90)69(87)74(64(58-81)94-77)95-76-70(88)67(85)66(84)62(56-79)92-76/h16,18,22,24,44,46,52,54,60-64,66-77,79-82,84-90H,3-15,17,19-21,23,25-43,45,47-51,53,55-59H2,1-2H3,(H,78,83)/b18-16-,24-22-,46-44+,54-52+. The van der Waals surface area contributed by atoms with E-state index in [4.69, 9.17) is 28.4 Å². The molecule has 0 aromatic carbocycles. The van der Waals surface area contributed by atoms with E-state index in [0.717, 1.165) is 51.4 Å². The van der Waals surface area contributed by atoms with Gasteiger partial charge >= 0.3 is 0 Å². The predicted octanol–water partition coefficient (Wildman–Crippen LogP) is 12.1. The summed E-state index contributed by atoms with van der Waals surface area (Å²) in [6, 6.07) is -0.994. The molecule has 0 radical (unpaired) electrons. The van der Waals surface area contributed by atoms with Gasteiger partial charge in [0.15, 0.2) is 18.9 Å². The SMILES string of the molecule is CCCCCCC/C=C\C/C=C\CCCCCCCCCCCCCC(=O)NC(COC1OC(CO)C(OC2OC(CO)C(OC3OC(CO)C(O)C(O)C3O)C(O)C2O)C(O)C1O)C(O)/C=C/CC/C=C/CCCCCCCCCCCCCCCCCCCCCCCC. The first-order valence-corrected chi connectivity index (χ1v) is 38.9. The third kappa shape index (κ3) is 38.7. The zero-order valence-electron chi connectivity index (χ0n) is 59.9. The fraction of sp³-hybridized carbons (Fsp3) is 0.883. The molecule has 19 heteroatoms. The maximum atomic E-state index is 13.4. The summed E-state index contributed by atoms with van der Waals surface area (Å²) in [7, 11) is 0. The van der Waals surface area contributed by atoms with Gasteiger partial charge in [0, 0.05) is 6.42 Å². The molecule has 1 amide bonds. The molecule has 3 heterocycles. The number of ether oxygens (including phenoxy) is 6. The van der Waals surface area contributed by atoms with Gasteiger partial charge in [0.1, 0.15) is 73.2 Å². The van der Waals surface area contributed by atoms with Crippen LogP contribution in [0.2, 0.25) is 0 Å². The molecule has 0 saturated carbocycles. The van der Waals surface area contributed by atoms with Crippen molar-refractivity contribution in [2.45, 2.75) is 407 Å². The van der Waals surface area contributed by atoms with E-state index < -0.39 is 124 Å². The summed E-state index contributed by atoms with van der Waals surface area (Å²) in [6.07, 6.45) is 45.2. The molecule has 3 aliphatic heterocycles. The summed E-state index contributed by atoms with van der Waals surface area (Å²) in [6.45, 7) is 1.74. The van der Waals surface area contributed by atoms with Crippen molar-refractivity contribution in [2.24, 2.45) is 0 Å². The van der Waals surface area contributed by atoms with Crippen LogP contribution in [0.5, 0.6) is 0 Å². The molecule has 17 unspecified atom stereocenters. The number of allylic oxidation sites excluding steroid dienone is 7. The van der Waals surface area contributed by atoms with E-state index in [0.29, 0.717) is 12.8 Å². The number of carbonyl (C=O) groups is 1. The molecule has 17 atom stereocenters. The molecular weight excluding hydrogens is 1230 g/mol. The minimum Gasteiger partial charge on any atom is -0.394 e. The van der Waals surface area contributed by atoms with Crippen LogP contribution >= 0.6 is 0 Å². The van der Waals surface area contributed by atoms with Crippen molar-refractivity contribution in [2.75, 3.05) is 26.4 Å². The monoisotopic (exact) mass is 1370 g/mol. The summed E-state index contributed by atoms with van der Waals surface area (Å²) >= 11 is 0. The lowest BCUT2D eigenvalue weighted by Crippen LogP contribution is -2.66. The third-order valence-electron chi connectivity index (χ3n) is 19.3. The van der Waals surface area contributed by atoms with Crippen molar-refractivity contribution >= 4 is 5.91 Å². The number of hydrogen-bond acceptors (Lipinski definition) is 18.